The first-order valence-electron chi connectivity index (χ1n) is 8.83. The number of fused-ring (bicyclic) bond motifs is 2. The maximum atomic E-state index is 15.1. The number of rotatable bonds is 4. The van der Waals surface area contributed by atoms with E-state index in [1.54, 1.807) is 42.6 Å². The lowest BCUT2D eigenvalue weighted by molar-refractivity contribution is 0.0943. The zero-order valence-corrected chi connectivity index (χ0v) is 15.9. The highest BCUT2D eigenvalue weighted by Gasteiger charge is 2.28. The minimum absolute atomic E-state index is 0.165. The van der Waals surface area contributed by atoms with Gasteiger partial charge in [-0.2, -0.15) is 0 Å². The molecule has 0 bridgehead atoms. The van der Waals surface area contributed by atoms with Crippen molar-refractivity contribution in [1.29, 1.82) is 0 Å². The first-order valence-corrected chi connectivity index (χ1v) is 9.64. The molecule has 0 saturated heterocycles. The van der Waals surface area contributed by atoms with Crippen LogP contribution in [-0.4, -0.2) is 23.3 Å². The molecular formula is C21H15F2N3O2S. The van der Waals surface area contributed by atoms with Crippen LogP contribution in [0.5, 0.6) is 0 Å². The molecular weight excluding hydrogens is 396 g/mol. The Hall–Kier alpha value is -3.26. The van der Waals surface area contributed by atoms with E-state index in [2.05, 4.69) is 15.6 Å². The summed E-state index contributed by atoms with van der Waals surface area (Å²) in [4.78, 5) is 29.7. The smallest absolute Gasteiger partial charge is 0.257 e. The normalized spacial score (nSPS) is 12.4. The summed E-state index contributed by atoms with van der Waals surface area (Å²) in [5.41, 5.74) is 0.177. The average Bonchev–Trinajstić information content (AvgIpc) is 2.85. The molecule has 1 aliphatic rings. The van der Waals surface area contributed by atoms with Crippen molar-refractivity contribution in [2.75, 3.05) is 11.9 Å². The number of amides is 2. The number of pyridine rings is 1. The van der Waals surface area contributed by atoms with Crippen LogP contribution in [0, 0.1) is 11.6 Å². The first-order chi connectivity index (χ1) is 14.0. The molecule has 146 valence electrons. The van der Waals surface area contributed by atoms with Gasteiger partial charge in [0.1, 0.15) is 11.4 Å². The van der Waals surface area contributed by atoms with Gasteiger partial charge in [-0.3, -0.25) is 14.6 Å². The summed E-state index contributed by atoms with van der Waals surface area (Å²) < 4.78 is 29.7. The predicted molar refractivity (Wildman–Crippen MR) is 105 cm³/mol. The Morgan fingerprint density at radius 1 is 1.10 bits per heavy atom. The molecule has 2 amide bonds. The number of carbonyl (C=O) groups is 2. The van der Waals surface area contributed by atoms with Crippen LogP contribution in [0.15, 0.2) is 64.5 Å². The molecule has 8 heteroatoms. The summed E-state index contributed by atoms with van der Waals surface area (Å²) >= 11 is 1.07. The number of hydrogen-bond donors (Lipinski definition) is 2. The van der Waals surface area contributed by atoms with Crippen molar-refractivity contribution in [3.8, 4) is 0 Å². The second kappa shape index (κ2) is 8.00. The van der Waals surface area contributed by atoms with E-state index in [9.17, 15) is 14.0 Å². The summed E-state index contributed by atoms with van der Waals surface area (Å²) in [7, 11) is 0. The van der Waals surface area contributed by atoms with Crippen LogP contribution in [0.2, 0.25) is 0 Å². The Morgan fingerprint density at radius 3 is 2.69 bits per heavy atom. The monoisotopic (exact) mass is 411 g/mol. The highest BCUT2D eigenvalue weighted by Crippen LogP contribution is 2.41. The third-order valence-corrected chi connectivity index (χ3v) is 5.51. The lowest BCUT2D eigenvalue weighted by atomic mass is 10.1. The molecule has 4 rings (SSSR count). The van der Waals surface area contributed by atoms with Gasteiger partial charge in [0.15, 0.2) is 5.82 Å². The molecule has 0 radical (unpaired) electrons. The quantitative estimate of drug-likeness (QED) is 0.680. The highest BCUT2D eigenvalue weighted by molar-refractivity contribution is 7.99. The van der Waals surface area contributed by atoms with Gasteiger partial charge in [-0.15, -0.1) is 0 Å². The number of halogens is 2. The van der Waals surface area contributed by atoms with Crippen LogP contribution in [-0.2, 0) is 6.42 Å². The maximum absolute atomic E-state index is 15.1. The third-order valence-electron chi connectivity index (χ3n) is 4.39. The number of carbonyl (C=O) groups excluding carboxylic acids is 2. The Bertz CT molecular complexity index is 1110. The topological polar surface area (TPSA) is 71.1 Å². The summed E-state index contributed by atoms with van der Waals surface area (Å²) in [6.45, 7) is 0.165. The fourth-order valence-electron chi connectivity index (χ4n) is 2.98. The minimum atomic E-state index is -1.09. The molecule has 3 aromatic rings. The molecule has 2 heterocycles. The van der Waals surface area contributed by atoms with Crippen molar-refractivity contribution < 1.29 is 18.4 Å². The molecule has 1 aliphatic heterocycles. The second-order valence-electron chi connectivity index (χ2n) is 6.30. The molecule has 0 unspecified atom stereocenters. The fraction of sp³-hybridized carbons (Fsp3) is 0.0952. The van der Waals surface area contributed by atoms with E-state index in [4.69, 9.17) is 0 Å². The van der Waals surface area contributed by atoms with Gasteiger partial charge in [-0.1, -0.05) is 30.0 Å². The van der Waals surface area contributed by atoms with Crippen LogP contribution < -0.4 is 10.6 Å². The van der Waals surface area contributed by atoms with Gasteiger partial charge >= 0.3 is 0 Å². The molecule has 1 aromatic heterocycles. The van der Waals surface area contributed by atoms with Gasteiger partial charge in [0.25, 0.3) is 11.8 Å². The highest BCUT2D eigenvalue weighted by atomic mass is 32.2. The average molecular weight is 411 g/mol. The molecule has 0 fully saturated rings. The van der Waals surface area contributed by atoms with E-state index < -0.39 is 29.0 Å². The molecule has 0 atom stereocenters. The van der Waals surface area contributed by atoms with Crippen molar-refractivity contribution in [2.45, 2.75) is 16.2 Å². The Kier molecular flexibility index (Phi) is 5.26. The predicted octanol–water partition coefficient (Wildman–Crippen LogP) is 4.05. The van der Waals surface area contributed by atoms with Gasteiger partial charge in [0.05, 0.1) is 11.3 Å². The van der Waals surface area contributed by atoms with E-state index in [-0.39, 0.29) is 17.1 Å². The summed E-state index contributed by atoms with van der Waals surface area (Å²) in [6.07, 6.45) is 2.05. The van der Waals surface area contributed by atoms with Crippen LogP contribution >= 0.6 is 11.8 Å². The standard InChI is InChI=1S/C21H15F2N3O2S/c22-14-11-16-19(26-20(27)13-6-1-2-7-15(13)29-16)18(23)17(14)21(28)25-10-8-12-5-3-4-9-24-12/h1-7,9,11H,8,10H2,(H,25,28)(H,26,27). The number of nitrogens with one attached hydrogen (secondary N) is 2. The molecule has 0 saturated carbocycles. The van der Waals surface area contributed by atoms with Crippen LogP contribution in [0.4, 0.5) is 14.5 Å². The fourth-order valence-corrected chi connectivity index (χ4v) is 4.04. The Labute approximate surface area is 169 Å². The van der Waals surface area contributed by atoms with E-state index in [1.807, 2.05) is 6.07 Å². The van der Waals surface area contributed by atoms with Crippen LogP contribution in [0.3, 0.4) is 0 Å². The third kappa shape index (κ3) is 3.84. The van der Waals surface area contributed by atoms with Crippen molar-refractivity contribution in [3.05, 3.63) is 83.2 Å². The lowest BCUT2D eigenvalue weighted by Gasteiger charge is -2.13. The van der Waals surface area contributed by atoms with Crippen molar-refractivity contribution in [2.24, 2.45) is 0 Å². The minimum Gasteiger partial charge on any atom is -0.351 e. The van der Waals surface area contributed by atoms with Gasteiger partial charge in [0.2, 0.25) is 0 Å². The summed E-state index contributed by atoms with van der Waals surface area (Å²) in [5, 5.41) is 4.96. The molecule has 29 heavy (non-hydrogen) atoms. The maximum Gasteiger partial charge on any atom is 0.257 e. The number of benzene rings is 2. The van der Waals surface area contributed by atoms with Crippen LogP contribution in [0.1, 0.15) is 26.4 Å². The van der Waals surface area contributed by atoms with E-state index in [0.29, 0.717) is 16.9 Å². The molecule has 0 spiro atoms. The Morgan fingerprint density at radius 2 is 1.90 bits per heavy atom. The zero-order valence-electron chi connectivity index (χ0n) is 15.0. The van der Waals surface area contributed by atoms with E-state index in [0.717, 1.165) is 23.5 Å². The molecule has 2 aromatic carbocycles. The number of aromatic nitrogens is 1. The molecule has 5 nitrogen and oxygen atoms in total. The van der Waals surface area contributed by atoms with E-state index in [1.165, 1.54) is 0 Å². The van der Waals surface area contributed by atoms with Gasteiger partial charge in [0, 0.05) is 34.6 Å². The number of anilines is 1. The van der Waals surface area contributed by atoms with Gasteiger partial charge in [-0.25, -0.2) is 8.78 Å². The number of hydrogen-bond acceptors (Lipinski definition) is 4. The Balaban J connectivity index is 1.59. The van der Waals surface area contributed by atoms with Crippen LogP contribution in [0.25, 0.3) is 0 Å². The van der Waals surface area contributed by atoms with Gasteiger partial charge in [-0.05, 0) is 30.3 Å². The second-order valence-corrected chi connectivity index (χ2v) is 7.38. The summed E-state index contributed by atoms with van der Waals surface area (Å²) in [6, 6.07) is 13.2. The van der Waals surface area contributed by atoms with Gasteiger partial charge < -0.3 is 10.6 Å². The largest absolute Gasteiger partial charge is 0.351 e. The summed E-state index contributed by atoms with van der Waals surface area (Å²) in [5.74, 6) is -3.49. The van der Waals surface area contributed by atoms with Crippen molar-refractivity contribution >= 4 is 29.3 Å². The van der Waals surface area contributed by atoms with E-state index >= 15 is 4.39 Å². The number of nitrogens with zero attached hydrogens (tertiary/aromatic N) is 1. The lowest BCUT2D eigenvalue weighted by Crippen LogP contribution is -2.28. The SMILES string of the molecule is O=C1Nc2c(cc(F)c(C(=O)NCCc3ccccn3)c2F)Sc2ccccc21. The molecule has 0 aliphatic carbocycles. The van der Waals surface area contributed by atoms with Crippen molar-refractivity contribution in [1.82, 2.24) is 10.3 Å². The first kappa shape index (κ1) is 19.1. The zero-order chi connectivity index (χ0) is 20.4. The van der Waals surface area contributed by atoms with Crippen molar-refractivity contribution in [3.63, 3.8) is 0 Å². The molecule has 2 N–H and O–H groups in total.